The average molecular weight is 366 g/mol. The summed E-state index contributed by atoms with van der Waals surface area (Å²) in [6.45, 7) is 4.09. The molecule has 1 aliphatic carbocycles. The molecular weight excluding hydrogens is 342 g/mol. The second-order valence-electron chi connectivity index (χ2n) is 6.45. The molecule has 130 valence electrons. The van der Waals surface area contributed by atoms with Crippen molar-refractivity contribution in [3.05, 3.63) is 16.8 Å². The number of fused-ring (bicyclic) bond motifs is 3. The Kier molecular flexibility index (Phi) is 5.34. The molecule has 1 fully saturated rings. The molecule has 1 aliphatic heterocycles. The minimum Gasteiger partial charge on any atom is -0.391 e. The first-order valence-electron chi connectivity index (χ1n) is 8.67. The molecular formula is C17H23N3O2S2. The van der Waals surface area contributed by atoms with Gasteiger partial charge in [0.25, 0.3) is 0 Å². The lowest BCUT2D eigenvalue weighted by Crippen LogP contribution is -2.41. The summed E-state index contributed by atoms with van der Waals surface area (Å²) in [7, 11) is 0. The molecule has 0 saturated carbocycles. The minimum absolute atomic E-state index is 0.340. The molecule has 2 aromatic rings. The van der Waals surface area contributed by atoms with Crippen LogP contribution < -0.4 is 0 Å². The Hall–Kier alpha value is -0.730. The highest BCUT2D eigenvalue weighted by molar-refractivity contribution is 7.99. The Bertz CT molecular complexity index is 700. The van der Waals surface area contributed by atoms with Crippen LogP contribution in [0.4, 0.5) is 0 Å². The van der Waals surface area contributed by atoms with Gasteiger partial charge in [-0.25, -0.2) is 9.97 Å². The predicted molar refractivity (Wildman–Crippen MR) is 98.0 cm³/mol. The lowest BCUT2D eigenvalue weighted by atomic mass is 9.97. The number of aryl methyl sites for hydroxylation is 2. The number of aromatic nitrogens is 2. The zero-order valence-electron chi connectivity index (χ0n) is 13.7. The smallest absolute Gasteiger partial charge is 0.128 e. The van der Waals surface area contributed by atoms with Gasteiger partial charge in [-0.3, -0.25) is 4.90 Å². The lowest BCUT2D eigenvalue weighted by Gasteiger charge is -2.28. The molecule has 1 saturated heterocycles. The first-order chi connectivity index (χ1) is 11.8. The molecule has 5 nitrogen and oxygen atoms in total. The fourth-order valence-corrected chi connectivity index (χ4v) is 5.72. The average Bonchev–Trinajstić information content (AvgIpc) is 3.00. The zero-order chi connectivity index (χ0) is 16.4. The van der Waals surface area contributed by atoms with Crippen molar-refractivity contribution in [2.24, 2.45) is 0 Å². The third-order valence-electron chi connectivity index (χ3n) is 4.70. The van der Waals surface area contributed by atoms with E-state index in [1.165, 1.54) is 35.1 Å². The fraction of sp³-hybridized carbons (Fsp3) is 0.647. The van der Waals surface area contributed by atoms with Crippen LogP contribution in [0.5, 0.6) is 0 Å². The number of aliphatic hydroxyl groups excluding tert-OH is 1. The van der Waals surface area contributed by atoms with Crippen molar-refractivity contribution in [1.29, 1.82) is 0 Å². The van der Waals surface area contributed by atoms with Crippen molar-refractivity contribution < 1.29 is 9.84 Å². The van der Waals surface area contributed by atoms with E-state index in [0.717, 1.165) is 42.6 Å². The van der Waals surface area contributed by atoms with Gasteiger partial charge in [-0.15, -0.1) is 23.1 Å². The molecule has 7 heteroatoms. The summed E-state index contributed by atoms with van der Waals surface area (Å²) < 4.78 is 5.36. The van der Waals surface area contributed by atoms with Gasteiger partial charge in [-0.2, -0.15) is 0 Å². The summed E-state index contributed by atoms with van der Waals surface area (Å²) in [5, 5.41) is 12.7. The number of hydrogen-bond acceptors (Lipinski definition) is 7. The monoisotopic (exact) mass is 365 g/mol. The number of hydrogen-bond donors (Lipinski definition) is 1. The minimum atomic E-state index is -0.340. The molecule has 24 heavy (non-hydrogen) atoms. The third kappa shape index (κ3) is 3.60. The number of nitrogens with zero attached hydrogens (tertiary/aromatic N) is 3. The van der Waals surface area contributed by atoms with E-state index in [2.05, 4.69) is 14.9 Å². The van der Waals surface area contributed by atoms with Crippen molar-refractivity contribution in [3.8, 4) is 0 Å². The maximum absolute atomic E-state index is 10.4. The van der Waals surface area contributed by atoms with E-state index >= 15 is 0 Å². The highest BCUT2D eigenvalue weighted by Gasteiger charge is 2.21. The van der Waals surface area contributed by atoms with Gasteiger partial charge >= 0.3 is 0 Å². The van der Waals surface area contributed by atoms with Crippen LogP contribution in [0.2, 0.25) is 0 Å². The van der Waals surface area contributed by atoms with Crippen LogP contribution in [0.15, 0.2) is 11.4 Å². The van der Waals surface area contributed by atoms with Crippen LogP contribution in [-0.4, -0.2) is 64.7 Å². The molecule has 0 bridgehead atoms. The van der Waals surface area contributed by atoms with Gasteiger partial charge < -0.3 is 9.84 Å². The van der Waals surface area contributed by atoms with Crippen molar-refractivity contribution >= 4 is 33.3 Å². The second kappa shape index (κ2) is 7.66. The number of thioether (sulfide) groups is 1. The molecule has 3 heterocycles. The van der Waals surface area contributed by atoms with E-state index in [1.807, 2.05) is 11.3 Å². The third-order valence-corrected chi connectivity index (χ3v) is 7.04. The summed E-state index contributed by atoms with van der Waals surface area (Å²) in [5.41, 5.74) is 1.46. The second-order valence-corrected chi connectivity index (χ2v) is 8.54. The molecule has 1 N–H and O–H groups in total. The predicted octanol–water partition coefficient (Wildman–Crippen LogP) is 2.36. The number of rotatable bonds is 5. The molecule has 2 aromatic heterocycles. The number of β-amino-alcohol motifs (C(OH)–C–C–N with tert-alkyl or cyclic N) is 1. The topological polar surface area (TPSA) is 58.5 Å². The molecule has 1 unspecified atom stereocenters. The van der Waals surface area contributed by atoms with Crippen molar-refractivity contribution in [2.45, 2.75) is 36.8 Å². The Morgan fingerprint density at radius 2 is 2.08 bits per heavy atom. The summed E-state index contributed by atoms with van der Waals surface area (Å²) in [6, 6.07) is 0. The molecule has 0 aromatic carbocycles. The Morgan fingerprint density at radius 3 is 2.96 bits per heavy atom. The van der Waals surface area contributed by atoms with E-state index in [4.69, 9.17) is 4.74 Å². The van der Waals surface area contributed by atoms with Gasteiger partial charge in [-0.1, -0.05) is 0 Å². The zero-order valence-corrected chi connectivity index (χ0v) is 15.4. The highest BCUT2D eigenvalue weighted by atomic mass is 32.2. The van der Waals surface area contributed by atoms with E-state index in [1.54, 1.807) is 18.1 Å². The molecule has 2 aliphatic rings. The maximum atomic E-state index is 10.4. The van der Waals surface area contributed by atoms with Crippen LogP contribution in [0, 0.1) is 0 Å². The van der Waals surface area contributed by atoms with Gasteiger partial charge in [-0.05, 0) is 31.2 Å². The van der Waals surface area contributed by atoms with Gasteiger partial charge in [0.05, 0.1) is 19.3 Å². The molecule has 0 radical (unpaired) electrons. The quantitative estimate of drug-likeness (QED) is 0.648. The number of thiophene rings is 1. The largest absolute Gasteiger partial charge is 0.391 e. The van der Waals surface area contributed by atoms with Crippen LogP contribution in [0.1, 0.15) is 23.3 Å². The Morgan fingerprint density at radius 1 is 1.25 bits per heavy atom. The highest BCUT2D eigenvalue weighted by Crippen LogP contribution is 2.39. The van der Waals surface area contributed by atoms with Gasteiger partial charge in [0, 0.05) is 35.7 Å². The van der Waals surface area contributed by atoms with E-state index in [9.17, 15) is 5.11 Å². The van der Waals surface area contributed by atoms with Gasteiger partial charge in [0.1, 0.15) is 16.2 Å². The van der Waals surface area contributed by atoms with Crippen molar-refractivity contribution in [2.75, 3.05) is 38.6 Å². The number of morpholine rings is 1. The first-order valence-corrected chi connectivity index (χ1v) is 10.5. The molecule has 0 spiro atoms. The van der Waals surface area contributed by atoms with Crippen LogP contribution in [0.25, 0.3) is 10.2 Å². The lowest BCUT2D eigenvalue weighted by molar-refractivity contribution is 0.0188. The summed E-state index contributed by atoms with van der Waals surface area (Å²) >= 11 is 3.50. The van der Waals surface area contributed by atoms with Crippen LogP contribution in [-0.2, 0) is 17.6 Å². The summed E-state index contributed by atoms with van der Waals surface area (Å²) in [6.07, 6.45) is 6.20. The van der Waals surface area contributed by atoms with Crippen LogP contribution in [0.3, 0.4) is 0 Å². The number of ether oxygens (including phenoxy) is 1. The van der Waals surface area contributed by atoms with Gasteiger partial charge in [0.2, 0.25) is 0 Å². The molecule has 0 amide bonds. The fourth-order valence-electron chi connectivity index (χ4n) is 3.48. The summed E-state index contributed by atoms with van der Waals surface area (Å²) in [4.78, 5) is 13.9. The molecule has 1 atom stereocenters. The van der Waals surface area contributed by atoms with Crippen molar-refractivity contribution in [3.63, 3.8) is 0 Å². The first kappa shape index (κ1) is 16.7. The van der Waals surface area contributed by atoms with E-state index < -0.39 is 0 Å². The van der Waals surface area contributed by atoms with E-state index in [-0.39, 0.29) is 6.10 Å². The van der Waals surface area contributed by atoms with Crippen molar-refractivity contribution in [1.82, 2.24) is 14.9 Å². The van der Waals surface area contributed by atoms with Gasteiger partial charge in [0.15, 0.2) is 0 Å². The SMILES string of the molecule is OC(CSc1ncnc2sc3c(c12)CCCC3)CN1CCOCC1. The maximum Gasteiger partial charge on any atom is 0.128 e. The Balaban J connectivity index is 1.45. The Labute approximate surface area is 150 Å². The summed E-state index contributed by atoms with van der Waals surface area (Å²) in [5.74, 6) is 0.675. The normalized spacial score (nSPS) is 20.2. The van der Waals surface area contributed by atoms with Crippen LogP contribution >= 0.6 is 23.1 Å². The molecule has 4 rings (SSSR count). The number of aliphatic hydroxyl groups is 1. The standard InChI is InChI=1S/C17H23N3O2S2/c21-12(9-20-5-7-22-8-6-20)10-23-16-15-13-3-1-2-4-14(13)24-17(15)19-11-18-16/h11-12,21H,1-10H2. The van der Waals surface area contributed by atoms with E-state index in [0.29, 0.717) is 12.3 Å².